The van der Waals surface area contributed by atoms with Crippen LogP contribution in [0.3, 0.4) is 0 Å². The third-order valence-corrected chi connectivity index (χ3v) is 6.95. The van der Waals surface area contributed by atoms with Crippen molar-refractivity contribution in [1.82, 2.24) is 0 Å². The molecule has 138 valence electrons. The Morgan fingerprint density at radius 1 is 1.17 bits per heavy atom. The van der Waals surface area contributed by atoms with Gasteiger partial charge in [0.05, 0.1) is 11.7 Å². The van der Waals surface area contributed by atoms with Gasteiger partial charge in [0.1, 0.15) is 5.78 Å². The zero-order valence-corrected chi connectivity index (χ0v) is 16.5. The van der Waals surface area contributed by atoms with E-state index in [0.717, 1.165) is 32.1 Å². The molecule has 1 aliphatic heterocycles. The van der Waals surface area contributed by atoms with E-state index in [4.69, 9.17) is 9.47 Å². The lowest BCUT2D eigenvalue weighted by molar-refractivity contribution is -0.327. The van der Waals surface area contributed by atoms with Crippen molar-refractivity contribution in [2.24, 2.45) is 23.2 Å². The third kappa shape index (κ3) is 3.44. The van der Waals surface area contributed by atoms with Gasteiger partial charge in [-0.3, -0.25) is 4.79 Å². The molecule has 0 aromatic rings. The van der Waals surface area contributed by atoms with Crippen LogP contribution in [-0.4, -0.2) is 23.3 Å². The molecule has 24 heavy (non-hydrogen) atoms. The van der Waals surface area contributed by atoms with Crippen LogP contribution in [0, 0.1) is 23.2 Å². The number of rotatable bonds is 3. The van der Waals surface area contributed by atoms with Crippen LogP contribution in [0.2, 0.25) is 0 Å². The summed E-state index contributed by atoms with van der Waals surface area (Å²) in [5, 5.41) is 0. The van der Waals surface area contributed by atoms with E-state index in [0.29, 0.717) is 23.5 Å². The topological polar surface area (TPSA) is 35.5 Å². The molecule has 3 rings (SSSR count). The van der Waals surface area contributed by atoms with E-state index >= 15 is 0 Å². The quantitative estimate of drug-likeness (QED) is 0.717. The minimum Gasteiger partial charge on any atom is -0.347 e. The summed E-state index contributed by atoms with van der Waals surface area (Å²) < 4.78 is 12.3. The van der Waals surface area contributed by atoms with E-state index in [1.807, 2.05) is 13.8 Å². The van der Waals surface area contributed by atoms with Crippen LogP contribution in [0.25, 0.3) is 0 Å². The molecule has 3 aliphatic rings. The molecule has 2 saturated carbocycles. The van der Waals surface area contributed by atoms with E-state index in [1.54, 1.807) is 0 Å². The summed E-state index contributed by atoms with van der Waals surface area (Å²) in [6.45, 7) is 13.2. The van der Waals surface area contributed by atoms with Gasteiger partial charge in [-0.1, -0.05) is 13.8 Å². The lowest BCUT2D eigenvalue weighted by atomic mass is 9.61. The second-order valence-electron chi connectivity index (χ2n) is 9.98. The van der Waals surface area contributed by atoms with Crippen LogP contribution in [0.4, 0.5) is 0 Å². The fraction of sp³-hybridized carbons (Fsp3) is 0.952. The lowest BCUT2D eigenvalue weighted by Crippen LogP contribution is -2.50. The number of Topliss-reactive ketones (excluding diaryl/α,β-unsaturated/α-hetero) is 1. The fourth-order valence-electron chi connectivity index (χ4n) is 6.34. The Morgan fingerprint density at radius 3 is 2.54 bits per heavy atom. The van der Waals surface area contributed by atoms with Crippen molar-refractivity contribution < 1.29 is 14.3 Å². The molecular weight excluding hydrogens is 300 g/mol. The summed E-state index contributed by atoms with van der Waals surface area (Å²) in [7, 11) is 0. The maximum atomic E-state index is 12.4. The summed E-state index contributed by atoms with van der Waals surface area (Å²) in [6, 6.07) is 0. The predicted octanol–water partition coefficient (Wildman–Crippen LogP) is 5.12. The average molecular weight is 337 g/mol. The maximum Gasteiger partial charge on any atom is 0.163 e. The van der Waals surface area contributed by atoms with Gasteiger partial charge in [0.2, 0.25) is 0 Å². The standard InChI is InChI=1S/C21H36O3/c1-14(12-15-13-19(2,3)24-20(4,5)23-15)16-9-10-17-18(22)8-7-11-21(16,17)6/h14-17H,7-13H2,1-6H3. The molecule has 3 nitrogen and oxygen atoms in total. The predicted molar refractivity (Wildman–Crippen MR) is 95.7 cm³/mol. The molecular formula is C21H36O3. The minimum atomic E-state index is -0.505. The Labute approximate surface area is 147 Å². The summed E-state index contributed by atoms with van der Waals surface area (Å²) in [6.07, 6.45) is 7.73. The largest absolute Gasteiger partial charge is 0.347 e. The van der Waals surface area contributed by atoms with Crippen LogP contribution in [-0.2, 0) is 14.3 Å². The molecule has 0 bridgehead atoms. The summed E-state index contributed by atoms with van der Waals surface area (Å²) in [5.41, 5.74) is 0.0972. The lowest BCUT2D eigenvalue weighted by Gasteiger charge is -2.47. The van der Waals surface area contributed by atoms with E-state index in [1.165, 1.54) is 12.8 Å². The van der Waals surface area contributed by atoms with Gasteiger partial charge in [-0.25, -0.2) is 0 Å². The number of carbonyl (C=O) groups is 1. The first-order chi connectivity index (χ1) is 11.0. The van der Waals surface area contributed by atoms with Gasteiger partial charge in [0.25, 0.3) is 0 Å². The monoisotopic (exact) mass is 336 g/mol. The molecule has 5 atom stereocenters. The smallest absolute Gasteiger partial charge is 0.163 e. The molecule has 0 aromatic carbocycles. The molecule has 2 aliphatic carbocycles. The van der Waals surface area contributed by atoms with Crippen molar-refractivity contribution >= 4 is 5.78 Å². The summed E-state index contributed by atoms with van der Waals surface area (Å²) in [5.74, 6) is 1.60. The normalized spacial score (nSPS) is 42.6. The second-order valence-corrected chi connectivity index (χ2v) is 9.98. The first-order valence-corrected chi connectivity index (χ1v) is 9.93. The molecule has 0 N–H and O–H groups in total. The van der Waals surface area contributed by atoms with Gasteiger partial charge in [-0.2, -0.15) is 0 Å². The summed E-state index contributed by atoms with van der Waals surface area (Å²) >= 11 is 0. The van der Waals surface area contributed by atoms with Crippen LogP contribution in [0.5, 0.6) is 0 Å². The van der Waals surface area contributed by atoms with Gasteiger partial charge >= 0.3 is 0 Å². The molecule has 3 fully saturated rings. The fourth-order valence-corrected chi connectivity index (χ4v) is 6.34. The number of ketones is 1. The Balaban J connectivity index is 1.69. The van der Waals surface area contributed by atoms with Crippen LogP contribution < -0.4 is 0 Å². The minimum absolute atomic E-state index is 0.130. The third-order valence-electron chi connectivity index (χ3n) is 6.95. The number of hydrogen-bond acceptors (Lipinski definition) is 3. The van der Waals surface area contributed by atoms with E-state index in [9.17, 15) is 4.79 Å². The number of fused-ring (bicyclic) bond motifs is 1. The molecule has 5 unspecified atom stereocenters. The van der Waals surface area contributed by atoms with Gasteiger partial charge in [0, 0.05) is 18.8 Å². The molecule has 0 amide bonds. The Bertz CT molecular complexity index is 479. The Hall–Kier alpha value is -0.410. The molecule has 0 spiro atoms. The van der Waals surface area contributed by atoms with Crippen LogP contribution in [0.1, 0.15) is 86.5 Å². The van der Waals surface area contributed by atoms with Crippen molar-refractivity contribution in [2.45, 2.75) is 104 Å². The van der Waals surface area contributed by atoms with Crippen molar-refractivity contribution in [3.63, 3.8) is 0 Å². The SMILES string of the molecule is CC(CC1CC(C)(C)OC(C)(C)O1)C1CCC2C(=O)CCCC21C. The number of carbonyl (C=O) groups excluding carboxylic acids is 1. The van der Waals surface area contributed by atoms with Gasteiger partial charge in [-0.15, -0.1) is 0 Å². The molecule has 1 heterocycles. The highest BCUT2D eigenvalue weighted by molar-refractivity contribution is 5.83. The van der Waals surface area contributed by atoms with Crippen molar-refractivity contribution in [3.8, 4) is 0 Å². The zero-order valence-electron chi connectivity index (χ0n) is 16.5. The van der Waals surface area contributed by atoms with Gasteiger partial charge in [0.15, 0.2) is 5.79 Å². The van der Waals surface area contributed by atoms with Crippen molar-refractivity contribution in [2.75, 3.05) is 0 Å². The first-order valence-electron chi connectivity index (χ1n) is 9.93. The highest BCUT2D eigenvalue weighted by Crippen LogP contribution is 2.57. The molecule has 1 saturated heterocycles. The number of ether oxygens (including phenoxy) is 2. The van der Waals surface area contributed by atoms with Crippen LogP contribution >= 0.6 is 0 Å². The van der Waals surface area contributed by atoms with Gasteiger partial charge < -0.3 is 9.47 Å². The highest BCUT2D eigenvalue weighted by Gasteiger charge is 2.53. The Morgan fingerprint density at radius 2 is 1.88 bits per heavy atom. The second kappa shape index (κ2) is 6.09. The summed E-state index contributed by atoms with van der Waals surface area (Å²) in [4.78, 5) is 12.4. The van der Waals surface area contributed by atoms with Crippen LogP contribution in [0.15, 0.2) is 0 Å². The van der Waals surface area contributed by atoms with E-state index in [-0.39, 0.29) is 17.1 Å². The maximum absolute atomic E-state index is 12.4. The van der Waals surface area contributed by atoms with Crippen molar-refractivity contribution in [3.05, 3.63) is 0 Å². The highest BCUT2D eigenvalue weighted by atomic mass is 16.7. The average Bonchev–Trinajstić information content (AvgIpc) is 2.73. The van der Waals surface area contributed by atoms with E-state index < -0.39 is 5.79 Å². The van der Waals surface area contributed by atoms with Crippen molar-refractivity contribution in [1.29, 1.82) is 0 Å². The van der Waals surface area contributed by atoms with Gasteiger partial charge in [-0.05, 0) is 77.0 Å². The zero-order chi connectivity index (χ0) is 17.8. The number of hydrogen-bond donors (Lipinski definition) is 0. The Kier molecular flexibility index (Phi) is 4.66. The molecule has 0 aromatic heterocycles. The molecule has 3 heteroatoms. The van der Waals surface area contributed by atoms with E-state index in [2.05, 4.69) is 27.7 Å². The molecule has 0 radical (unpaired) electrons. The first kappa shape index (κ1) is 18.4.